The van der Waals surface area contributed by atoms with Crippen molar-refractivity contribution in [2.45, 2.75) is 19.9 Å². The number of anilines is 2. The van der Waals surface area contributed by atoms with Gasteiger partial charge in [-0.15, -0.1) is 0 Å². The topological polar surface area (TPSA) is 41.1 Å². The maximum absolute atomic E-state index is 13.5. The zero-order valence-electron chi connectivity index (χ0n) is 11.6. The van der Waals surface area contributed by atoms with Crippen LogP contribution in [0.15, 0.2) is 42.5 Å². The van der Waals surface area contributed by atoms with Gasteiger partial charge in [0.1, 0.15) is 0 Å². The minimum absolute atomic E-state index is 0.0578. The Hall–Kier alpha value is -2.43. The highest BCUT2D eigenvalue weighted by Crippen LogP contribution is 2.16. The van der Waals surface area contributed by atoms with Gasteiger partial charge in [0, 0.05) is 29.9 Å². The first-order chi connectivity index (χ1) is 10.1. The number of amides is 1. The van der Waals surface area contributed by atoms with Crippen LogP contribution in [-0.4, -0.2) is 5.91 Å². The molecule has 0 atom stereocenters. The summed E-state index contributed by atoms with van der Waals surface area (Å²) >= 11 is 0. The van der Waals surface area contributed by atoms with E-state index in [0.717, 1.165) is 11.8 Å². The van der Waals surface area contributed by atoms with Crippen molar-refractivity contribution >= 4 is 17.3 Å². The number of nitrogens with one attached hydrogen (secondary N) is 2. The van der Waals surface area contributed by atoms with Gasteiger partial charge in [-0.1, -0.05) is 19.1 Å². The fraction of sp³-hybridized carbons (Fsp3) is 0.188. The van der Waals surface area contributed by atoms with Crippen molar-refractivity contribution in [2.75, 3.05) is 10.6 Å². The van der Waals surface area contributed by atoms with E-state index >= 15 is 0 Å². The van der Waals surface area contributed by atoms with E-state index in [9.17, 15) is 13.6 Å². The predicted octanol–water partition coefficient (Wildman–Crippen LogP) is 3.93. The molecule has 2 N–H and O–H groups in total. The second kappa shape index (κ2) is 6.83. The fourth-order valence-electron chi connectivity index (χ4n) is 1.80. The average molecular weight is 290 g/mol. The Morgan fingerprint density at radius 1 is 1.05 bits per heavy atom. The van der Waals surface area contributed by atoms with E-state index < -0.39 is 11.6 Å². The number of hydrogen-bond acceptors (Lipinski definition) is 2. The molecule has 0 unspecified atom stereocenters. The summed E-state index contributed by atoms with van der Waals surface area (Å²) in [5.41, 5.74) is 1.72. The van der Waals surface area contributed by atoms with Crippen LogP contribution < -0.4 is 10.6 Å². The smallest absolute Gasteiger partial charge is 0.224 e. The number of halogens is 2. The quantitative estimate of drug-likeness (QED) is 0.876. The molecule has 2 aromatic carbocycles. The number of carbonyl (C=O) groups excluding carboxylic acids is 1. The largest absolute Gasteiger partial charge is 0.381 e. The van der Waals surface area contributed by atoms with E-state index in [1.54, 1.807) is 31.2 Å². The molecule has 0 radical (unpaired) electrons. The Labute approximate surface area is 122 Å². The lowest BCUT2D eigenvalue weighted by atomic mass is 10.2. The van der Waals surface area contributed by atoms with Gasteiger partial charge in [-0.05, 0) is 30.3 Å². The van der Waals surface area contributed by atoms with Crippen LogP contribution in [-0.2, 0) is 11.3 Å². The summed E-state index contributed by atoms with van der Waals surface area (Å²) in [5.74, 6) is -1.75. The van der Waals surface area contributed by atoms with Crippen molar-refractivity contribution < 1.29 is 13.6 Å². The summed E-state index contributed by atoms with van der Waals surface area (Å²) < 4.78 is 26.6. The number of rotatable bonds is 5. The first kappa shape index (κ1) is 15.0. The Kier molecular flexibility index (Phi) is 4.87. The Morgan fingerprint density at radius 3 is 2.38 bits per heavy atom. The molecule has 0 heterocycles. The van der Waals surface area contributed by atoms with E-state index in [2.05, 4.69) is 10.6 Å². The average Bonchev–Trinajstić information content (AvgIpc) is 2.50. The first-order valence-corrected chi connectivity index (χ1v) is 6.67. The zero-order chi connectivity index (χ0) is 15.2. The first-order valence-electron chi connectivity index (χ1n) is 6.67. The molecular weight excluding hydrogens is 274 g/mol. The van der Waals surface area contributed by atoms with Crippen molar-refractivity contribution in [2.24, 2.45) is 0 Å². The van der Waals surface area contributed by atoms with Gasteiger partial charge >= 0.3 is 0 Å². The van der Waals surface area contributed by atoms with E-state index in [4.69, 9.17) is 0 Å². The van der Waals surface area contributed by atoms with Crippen LogP contribution >= 0.6 is 0 Å². The molecule has 0 aliphatic carbocycles. The lowest BCUT2D eigenvalue weighted by molar-refractivity contribution is -0.115. The van der Waals surface area contributed by atoms with Gasteiger partial charge in [-0.25, -0.2) is 8.78 Å². The lowest BCUT2D eigenvalue weighted by Crippen LogP contribution is -2.09. The molecule has 1 amide bonds. The molecule has 3 nitrogen and oxygen atoms in total. The molecule has 0 aliphatic rings. The predicted molar refractivity (Wildman–Crippen MR) is 79.0 cm³/mol. The van der Waals surface area contributed by atoms with Crippen LogP contribution in [0.4, 0.5) is 20.2 Å². The van der Waals surface area contributed by atoms with Crippen LogP contribution in [0.2, 0.25) is 0 Å². The molecule has 0 saturated carbocycles. The monoisotopic (exact) mass is 290 g/mol. The van der Waals surface area contributed by atoms with Gasteiger partial charge in [-0.2, -0.15) is 0 Å². The van der Waals surface area contributed by atoms with Crippen LogP contribution in [0.25, 0.3) is 0 Å². The molecule has 0 aliphatic heterocycles. The number of hydrogen-bond donors (Lipinski definition) is 2. The van der Waals surface area contributed by atoms with Crippen molar-refractivity contribution in [3.05, 3.63) is 59.7 Å². The van der Waals surface area contributed by atoms with Crippen LogP contribution in [0.1, 0.15) is 18.9 Å². The molecule has 0 saturated heterocycles. The van der Waals surface area contributed by atoms with E-state index in [0.29, 0.717) is 12.1 Å². The molecule has 0 bridgehead atoms. The third-order valence-corrected chi connectivity index (χ3v) is 3.00. The normalized spacial score (nSPS) is 10.2. The second-order valence-corrected chi connectivity index (χ2v) is 4.55. The Bertz CT molecular complexity index is 627. The van der Waals surface area contributed by atoms with Crippen molar-refractivity contribution in [3.8, 4) is 0 Å². The van der Waals surface area contributed by atoms with Gasteiger partial charge in [0.15, 0.2) is 11.6 Å². The second-order valence-electron chi connectivity index (χ2n) is 4.55. The minimum atomic E-state index is -0.855. The summed E-state index contributed by atoms with van der Waals surface area (Å²) in [6, 6.07) is 11.1. The minimum Gasteiger partial charge on any atom is -0.381 e. The maximum Gasteiger partial charge on any atom is 0.224 e. The van der Waals surface area contributed by atoms with E-state index in [1.807, 2.05) is 0 Å². The molecular formula is C16H16F2N2O. The Morgan fingerprint density at radius 2 is 1.71 bits per heavy atom. The highest BCUT2D eigenvalue weighted by Gasteiger charge is 2.07. The van der Waals surface area contributed by atoms with Gasteiger partial charge in [0.2, 0.25) is 5.91 Å². The van der Waals surface area contributed by atoms with Gasteiger partial charge in [0.25, 0.3) is 0 Å². The summed E-state index contributed by atoms with van der Waals surface area (Å²) in [6.07, 6.45) is 0.416. The maximum atomic E-state index is 13.5. The summed E-state index contributed by atoms with van der Waals surface area (Å²) in [6.45, 7) is 1.96. The molecule has 0 spiro atoms. The zero-order valence-corrected chi connectivity index (χ0v) is 11.6. The van der Waals surface area contributed by atoms with E-state index in [1.165, 1.54) is 12.1 Å². The van der Waals surface area contributed by atoms with Crippen molar-refractivity contribution in [1.82, 2.24) is 0 Å². The van der Waals surface area contributed by atoms with Crippen molar-refractivity contribution in [3.63, 3.8) is 0 Å². The molecule has 2 aromatic rings. The molecule has 0 aromatic heterocycles. The van der Waals surface area contributed by atoms with Crippen LogP contribution in [0.5, 0.6) is 0 Å². The van der Waals surface area contributed by atoms with Gasteiger partial charge in [-0.3, -0.25) is 4.79 Å². The van der Waals surface area contributed by atoms with Crippen LogP contribution in [0.3, 0.4) is 0 Å². The molecule has 2 rings (SSSR count). The van der Waals surface area contributed by atoms with Gasteiger partial charge < -0.3 is 10.6 Å². The van der Waals surface area contributed by atoms with Crippen LogP contribution in [0, 0.1) is 11.6 Å². The highest BCUT2D eigenvalue weighted by molar-refractivity contribution is 5.90. The SMILES string of the molecule is CCC(=O)Nc1ccc(NCc2cccc(F)c2F)cc1. The molecule has 5 heteroatoms. The number of benzene rings is 2. The lowest BCUT2D eigenvalue weighted by Gasteiger charge is -2.09. The number of carbonyl (C=O) groups is 1. The summed E-state index contributed by atoms with van der Waals surface area (Å²) in [5, 5.41) is 5.74. The third kappa shape index (κ3) is 4.02. The molecule has 110 valence electrons. The van der Waals surface area contributed by atoms with Crippen molar-refractivity contribution in [1.29, 1.82) is 0 Å². The van der Waals surface area contributed by atoms with Gasteiger partial charge in [0.05, 0.1) is 0 Å². The highest BCUT2D eigenvalue weighted by atomic mass is 19.2. The Balaban J connectivity index is 1.97. The molecule has 0 fully saturated rings. The summed E-state index contributed by atoms with van der Waals surface area (Å²) in [7, 11) is 0. The standard InChI is InChI=1S/C16H16F2N2O/c1-2-15(21)20-13-8-6-12(7-9-13)19-10-11-4-3-5-14(17)16(11)18/h3-9,19H,2,10H2,1H3,(H,20,21). The fourth-order valence-corrected chi connectivity index (χ4v) is 1.80. The van der Waals surface area contributed by atoms with E-state index in [-0.39, 0.29) is 18.0 Å². The molecule has 21 heavy (non-hydrogen) atoms. The third-order valence-electron chi connectivity index (χ3n) is 3.00. The summed E-state index contributed by atoms with van der Waals surface area (Å²) in [4.78, 5) is 11.2.